The van der Waals surface area contributed by atoms with Gasteiger partial charge >= 0.3 is 0 Å². The number of nitrogens with zero attached hydrogens (tertiary/aromatic N) is 1. The maximum absolute atomic E-state index is 6.10. The number of fused-ring (bicyclic) bond motifs is 2. The van der Waals surface area contributed by atoms with Crippen LogP contribution >= 0.6 is 24.0 Å². The summed E-state index contributed by atoms with van der Waals surface area (Å²) >= 11 is 0. The summed E-state index contributed by atoms with van der Waals surface area (Å²) in [5, 5.41) is 7.22. The number of benzene rings is 1. The molecule has 3 fully saturated rings. The second kappa shape index (κ2) is 8.99. The molecule has 27 heavy (non-hydrogen) atoms. The van der Waals surface area contributed by atoms with Crippen molar-refractivity contribution in [2.24, 2.45) is 16.3 Å². The molecule has 4 rings (SSSR count). The van der Waals surface area contributed by atoms with Crippen LogP contribution in [-0.4, -0.2) is 38.4 Å². The highest BCUT2D eigenvalue weighted by molar-refractivity contribution is 14.0. The predicted octanol–water partition coefficient (Wildman–Crippen LogP) is 3.72. The highest BCUT2D eigenvalue weighted by Crippen LogP contribution is 2.60. The van der Waals surface area contributed by atoms with Crippen molar-refractivity contribution in [3.05, 3.63) is 29.8 Å². The smallest absolute Gasteiger partial charge is 0.191 e. The zero-order chi connectivity index (χ0) is 18.0. The van der Waals surface area contributed by atoms with E-state index in [-0.39, 0.29) is 24.0 Å². The molecule has 3 atom stereocenters. The summed E-state index contributed by atoms with van der Waals surface area (Å²) in [7, 11) is 1.69. The molecule has 1 aliphatic heterocycles. The first-order valence-electron chi connectivity index (χ1n) is 10.1. The Hall–Kier alpha value is -1.02. The molecule has 150 valence electrons. The summed E-state index contributed by atoms with van der Waals surface area (Å²) in [6.07, 6.45) is 6.93. The Balaban J connectivity index is 0.00000210. The van der Waals surface area contributed by atoms with Crippen LogP contribution in [0.5, 0.6) is 5.75 Å². The third-order valence-electron chi connectivity index (χ3n) is 6.50. The minimum absolute atomic E-state index is 0. The average molecular weight is 485 g/mol. The normalized spacial score (nSPS) is 28.2. The molecule has 3 unspecified atom stereocenters. The molecule has 2 N–H and O–H groups in total. The van der Waals surface area contributed by atoms with Gasteiger partial charge in [-0.05, 0) is 43.9 Å². The lowest BCUT2D eigenvalue weighted by Crippen LogP contribution is -2.69. The summed E-state index contributed by atoms with van der Waals surface area (Å²) in [4.78, 5) is 4.84. The number of halogens is 1. The lowest BCUT2D eigenvalue weighted by Gasteiger charge is -2.57. The van der Waals surface area contributed by atoms with Gasteiger partial charge in [0.15, 0.2) is 5.96 Å². The van der Waals surface area contributed by atoms with Crippen molar-refractivity contribution in [2.75, 3.05) is 20.3 Å². The van der Waals surface area contributed by atoms with Gasteiger partial charge in [0, 0.05) is 30.5 Å². The topological polar surface area (TPSA) is 54.9 Å². The van der Waals surface area contributed by atoms with Gasteiger partial charge in [-0.1, -0.05) is 25.0 Å². The van der Waals surface area contributed by atoms with Crippen LogP contribution in [0, 0.1) is 11.3 Å². The number of hydrogen-bond acceptors (Lipinski definition) is 3. The monoisotopic (exact) mass is 485 g/mol. The molecule has 1 aromatic rings. The summed E-state index contributed by atoms with van der Waals surface area (Å²) in [6, 6.07) is 8.64. The summed E-state index contributed by atoms with van der Waals surface area (Å²) < 4.78 is 11.3. The first kappa shape index (κ1) is 20.7. The molecular formula is C21H32IN3O2. The standard InChI is InChI=1S/C21H31N3O2.HI/c1-3-22-20(23-14-15-6-8-16(25-2)9-7-15)24-18-17-10-13-26-19(17)21(18)11-4-5-12-21;/h6-9,17-19H,3-5,10-14H2,1-2H3,(H2,22,23,24);1H. The molecule has 6 heteroatoms. The SMILES string of the molecule is CCNC(=NCc1ccc(OC)cc1)NC1C2CCOC2C12CCCC2.I. The fourth-order valence-electron chi connectivity index (χ4n) is 5.27. The fraction of sp³-hybridized carbons (Fsp3) is 0.667. The van der Waals surface area contributed by atoms with Gasteiger partial charge in [0.2, 0.25) is 0 Å². The fourth-order valence-corrected chi connectivity index (χ4v) is 5.27. The molecule has 1 heterocycles. The lowest BCUT2D eigenvalue weighted by molar-refractivity contribution is -0.125. The zero-order valence-corrected chi connectivity index (χ0v) is 18.7. The van der Waals surface area contributed by atoms with Crippen molar-refractivity contribution in [3.8, 4) is 5.75 Å². The zero-order valence-electron chi connectivity index (χ0n) is 16.4. The van der Waals surface area contributed by atoms with Gasteiger partial charge in [-0.3, -0.25) is 0 Å². The Morgan fingerprint density at radius 3 is 2.67 bits per heavy atom. The van der Waals surface area contributed by atoms with Crippen molar-refractivity contribution in [3.63, 3.8) is 0 Å². The highest BCUT2D eigenvalue weighted by Gasteiger charge is 2.65. The Kier molecular flexibility index (Phi) is 6.89. The lowest BCUT2D eigenvalue weighted by atomic mass is 9.54. The molecule has 0 aromatic heterocycles. The number of aliphatic imine (C=N–C) groups is 1. The van der Waals surface area contributed by atoms with E-state index in [1.54, 1.807) is 7.11 Å². The largest absolute Gasteiger partial charge is 0.497 e. The number of guanidine groups is 1. The number of hydrogen-bond donors (Lipinski definition) is 2. The van der Waals surface area contributed by atoms with Crippen LogP contribution in [0.1, 0.15) is 44.6 Å². The van der Waals surface area contributed by atoms with Crippen molar-refractivity contribution in [2.45, 2.75) is 57.7 Å². The molecule has 0 amide bonds. The molecular weight excluding hydrogens is 453 g/mol. The minimum Gasteiger partial charge on any atom is -0.497 e. The molecule has 5 nitrogen and oxygen atoms in total. The number of ether oxygens (including phenoxy) is 2. The molecule has 1 aromatic carbocycles. The summed E-state index contributed by atoms with van der Waals surface area (Å²) in [5.41, 5.74) is 1.53. The summed E-state index contributed by atoms with van der Waals surface area (Å²) in [6.45, 7) is 4.59. The van der Waals surface area contributed by atoms with Crippen LogP contribution in [-0.2, 0) is 11.3 Å². The Morgan fingerprint density at radius 1 is 1.26 bits per heavy atom. The van der Waals surface area contributed by atoms with E-state index >= 15 is 0 Å². The Labute approximate surface area is 179 Å². The molecule has 1 saturated heterocycles. The van der Waals surface area contributed by atoms with E-state index in [1.165, 1.54) is 37.7 Å². The molecule has 2 saturated carbocycles. The van der Waals surface area contributed by atoms with E-state index in [9.17, 15) is 0 Å². The highest BCUT2D eigenvalue weighted by atomic mass is 127. The van der Waals surface area contributed by atoms with Gasteiger partial charge in [0.05, 0.1) is 19.8 Å². The van der Waals surface area contributed by atoms with Gasteiger partial charge in [-0.25, -0.2) is 4.99 Å². The maximum atomic E-state index is 6.10. The van der Waals surface area contributed by atoms with Gasteiger partial charge in [0.1, 0.15) is 5.75 Å². The van der Waals surface area contributed by atoms with Crippen LogP contribution < -0.4 is 15.4 Å². The van der Waals surface area contributed by atoms with E-state index in [0.717, 1.165) is 24.9 Å². The Bertz CT molecular complexity index is 643. The quantitative estimate of drug-likeness (QED) is 0.380. The van der Waals surface area contributed by atoms with Crippen LogP contribution in [0.4, 0.5) is 0 Å². The van der Waals surface area contributed by atoms with Crippen molar-refractivity contribution in [1.82, 2.24) is 10.6 Å². The molecule has 0 bridgehead atoms. The minimum atomic E-state index is 0. The van der Waals surface area contributed by atoms with Crippen molar-refractivity contribution in [1.29, 1.82) is 0 Å². The number of rotatable bonds is 5. The Morgan fingerprint density at radius 2 is 2.00 bits per heavy atom. The van der Waals surface area contributed by atoms with E-state index in [1.807, 2.05) is 12.1 Å². The second-order valence-corrected chi connectivity index (χ2v) is 7.85. The number of nitrogens with one attached hydrogen (secondary N) is 2. The molecule has 1 spiro atoms. The van der Waals surface area contributed by atoms with E-state index < -0.39 is 0 Å². The maximum Gasteiger partial charge on any atom is 0.191 e. The summed E-state index contributed by atoms with van der Waals surface area (Å²) in [5.74, 6) is 2.47. The number of methoxy groups -OCH3 is 1. The average Bonchev–Trinajstić information content (AvgIpc) is 3.33. The second-order valence-electron chi connectivity index (χ2n) is 7.85. The van der Waals surface area contributed by atoms with Gasteiger partial charge in [-0.2, -0.15) is 0 Å². The van der Waals surface area contributed by atoms with Crippen LogP contribution in [0.3, 0.4) is 0 Å². The van der Waals surface area contributed by atoms with Crippen molar-refractivity contribution >= 4 is 29.9 Å². The van der Waals surface area contributed by atoms with Gasteiger partial charge in [0.25, 0.3) is 0 Å². The van der Waals surface area contributed by atoms with Crippen LogP contribution in [0.15, 0.2) is 29.3 Å². The molecule has 0 radical (unpaired) electrons. The third kappa shape index (κ3) is 3.92. The first-order valence-corrected chi connectivity index (χ1v) is 10.1. The van der Waals surface area contributed by atoms with Crippen LogP contribution in [0.25, 0.3) is 0 Å². The van der Waals surface area contributed by atoms with E-state index in [0.29, 0.717) is 30.0 Å². The molecule has 2 aliphatic carbocycles. The van der Waals surface area contributed by atoms with E-state index in [2.05, 4.69) is 29.7 Å². The predicted molar refractivity (Wildman–Crippen MR) is 119 cm³/mol. The molecule has 3 aliphatic rings. The first-order chi connectivity index (χ1) is 12.8. The third-order valence-corrected chi connectivity index (χ3v) is 6.50. The van der Waals surface area contributed by atoms with Gasteiger partial charge in [-0.15, -0.1) is 24.0 Å². The van der Waals surface area contributed by atoms with Crippen molar-refractivity contribution < 1.29 is 9.47 Å². The van der Waals surface area contributed by atoms with Gasteiger partial charge < -0.3 is 20.1 Å². The van der Waals surface area contributed by atoms with Crippen LogP contribution in [0.2, 0.25) is 0 Å². The van der Waals surface area contributed by atoms with E-state index in [4.69, 9.17) is 14.5 Å².